The number of carbonyl (C=O) groups excluding carboxylic acids is 1. The van der Waals surface area contributed by atoms with Gasteiger partial charge in [0.15, 0.2) is 0 Å². The molecule has 1 fully saturated rings. The van der Waals surface area contributed by atoms with E-state index in [-0.39, 0.29) is 41.4 Å². The van der Waals surface area contributed by atoms with E-state index in [1.165, 1.54) is 7.11 Å². The zero-order valence-electron chi connectivity index (χ0n) is 24.1. The zero-order chi connectivity index (χ0) is 31.0. The van der Waals surface area contributed by atoms with Crippen molar-refractivity contribution < 1.29 is 45.5 Å². The summed E-state index contributed by atoms with van der Waals surface area (Å²) in [6.07, 6.45) is -3.23. The lowest BCUT2D eigenvalue weighted by Crippen LogP contribution is -2.23. The fourth-order valence-corrected chi connectivity index (χ4v) is 7.70. The lowest BCUT2D eigenvalue weighted by Gasteiger charge is -2.22. The number of esters is 1. The summed E-state index contributed by atoms with van der Waals surface area (Å²) in [4.78, 5) is 11.7. The summed E-state index contributed by atoms with van der Waals surface area (Å²) in [5.41, 5.74) is 0.470. The number of methoxy groups -OCH3 is 1. The molecule has 2 atom stereocenters. The Morgan fingerprint density at radius 1 is 1.02 bits per heavy atom. The molecule has 3 aromatic rings. The molecule has 6 nitrogen and oxygen atoms in total. The fraction of sp³-hybridized carbons (Fsp3) is 0.424. The molecule has 0 saturated carbocycles. The maximum atomic E-state index is 15.4. The van der Waals surface area contributed by atoms with Gasteiger partial charge in [0.1, 0.15) is 29.2 Å². The number of hydrogen-bond donors (Lipinski definition) is 0. The predicted octanol–water partition coefficient (Wildman–Crippen LogP) is 7.15. The molecule has 6 rings (SSSR count). The van der Waals surface area contributed by atoms with Crippen LogP contribution in [0.2, 0.25) is 0 Å². The number of rotatable bonds is 8. The number of benzene rings is 3. The van der Waals surface area contributed by atoms with Crippen LogP contribution >= 0.6 is 0 Å². The molecule has 3 aromatic carbocycles. The van der Waals surface area contributed by atoms with Gasteiger partial charge < -0.3 is 18.9 Å². The van der Waals surface area contributed by atoms with Gasteiger partial charge in [0, 0.05) is 45.4 Å². The first-order valence-corrected chi connectivity index (χ1v) is 16.1. The molecule has 0 amide bonds. The van der Waals surface area contributed by atoms with Crippen molar-refractivity contribution in [2.45, 2.75) is 50.3 Å². The molecule has 11 heteroatoms. The van der Waals surface area contributed by atoms with Crippen molar-refractivity contribution in [2.24, 2.45) is 5.92 Å². The number of hydrogen-bond acceptors (Lipinski definition) is 6. The minimum atomic E-state index is -4.77. The molecule has 0 bridgehead atoms. The summed E-state index contributed by atoms with van der Waals surface area (Å²) in [5.74, 6) is 1.62. The maximum absolute atomic E-state index is 15.4. The van der Waals surface area contributed by atoms with Gasteiger partial charge in [-0.05, 0) is 72.6 Å². The van der Waals surface area contributed by atoms with Gasteiger partial charge in [0.05, 0.1) is 32.3 Å². The minimum Gasteiger partial charge on any atom is -0.493 e. The van der Waals surface area contributed by atoms with E-state index in [0.29, 0.717) is 65.9 Å². The Labute approximate surface area is 255 Å². The van der Waals surface area contributed by atoms with E-state index in [0.717, 1.165) is 18.4 Å². The Morgan fingerprint density at radius 2 is 1.75 bits per heavy atom. The van der Waals surface area contributed by atoms with E-state index in [1.54, 1.807) is 42.5 Å². The van der Waals surface area contributed by atoms with Gasteiger partial charge in [-0.25, -0.2) is 4.39 Å². The van der Waals surface area contributed by atoms with Crippen molar-refractivity contribution in [2.75, 3.05) is 31.8 Å². The van der Waals surface area contributed by atoms with E-state index >= 15 is 4.39 Å². The smallest absolute Gasteiger partial charge is 0.417 e. The van der Waals surface area contributed by atoms with Crippen molar-refractivity contribution in [3.8, 4) is 28.4 Å². The van der Waals surface area contributed by atoms with Crippen LogP contribution in [0.3, 0.4) is 0 Å². The van der Waals surface area contributed by atoms with Crippen LogP contribution in [0.15, 0.2) is 48.5 Å². The SMILES string of the molecule is COC(=O)C[C@@H]1COc2cc(O[C@@H]3CCc4c(-c5ccc(OCC6CCS(=O)CC6)cc5)c(C(F)(F)F)cc(F)c43)ccc21. The molecule has 0 N–H and O–H groups in total. The molecule has 44 heavy (non-hydrogen) atoms. The monoisotopic (exact) mass is 632 g/mol. The maximum Gasteiger partial charge on any atom is 0.417 e. The Balaban J connectivity index is 1.24. The van der Waals surface area contributed by atoms with Crippen molar-refractivity contribution in [3.63, 3.8) is 0 Å². The summed E-state index contributed by atoms with van der Waals surface area (Å²) < 4.78 is 92.3. The molecular formula is C33H32F4O6S. The molecular weight excluding hydrogens is 600 g/mol. The first kappa shape index (κ1) is 30.4. The van der Waals surface area contributed by atoms with E-state index < -0.39 is 34.5 Å². The van der Waals surface area contributed by atoms with Crippen LogP contribution in [0.25, 0.3) is 11.1 Å². The predicted molar refractivity (Wildman–Crippen MR) is 156 cm³/mol. The molecule has 0 unspecified atom stereocenters. The Hall–Kier alpha value is -3.60. The van der Waals surface area contributed by atoms with Crippen molar-refractivity contribution in [3.05, 3.63) is 76.6 Å². The molecule has 2 aliphatic heterocycles. The third kappa shape index (κ3) is 6.29. The number of fused-ring (bicyclic) bond motifs is 2. The molecule has 234 valence electrons. The standard InChI is InChI=1S/C33H32F4O6S/c1-40-30(38)14-21-18-42-29-15-23(6-7-24(21)29)43-28-9-8-25-31(26(33(35,36)37)16-27(34)32(25)28)20-2-4-22(5-3-20)41-17-19-10-12-44(39)13-11-19/h2-7,15-16,19,21,28H,8-14,17-18H2,1H3/t19?,21-,28-,44?/m1/s1. The average Bonchev–Trinajstić information content (AvgIpc) is 3.61. The second-order valence-electron chi connectivity index (χ2n) is 11.4. The molecule has 3 aliphatic rings. The third-order valence-corrected chi connectivity index (χ3v) is 10.0. The quantitative estimate of drug-likeness (QED) is 0.194. The number of alkyl halides is 3. The Kier molecular flexibility index (Phi) is 8.59. The molecule has 0 spiro atoms. The second kappa shape index (κ2) is 12.4. The molecule has 1 saturated heterocycles. The van der Waals surface area contributed by atoms with Crippen LogP contribution in [0.1, 0.15) is 60.0 Å². The van der Waals surface area contributed by atoms with Crippen molar-refractivity contribution in [1.82, 2.24) is 0 Å². The first-order valence-electron chi connectivity index (χ1n) is 14.6. The van der Waals surface area contributed by atoms with Crippen molar-refractivity contribution >= 4 is 16.8 Å². The molecule has 0 radical (unpaired) electrons. The summed E-state index contributed by atoms with van der Waals surface area (Å²) in [5, 5.41) is 0. The normalized spacial score (nSPS) is 22.6. The summed E-state index contributed by atoms with van der Waals surface area (Å²) in [7, 11) is 0.560. The van der Waals surface area contributed by atoms with Crippen LogP contribution < -0.4 is 14.2 Å². The van der Waals surface area contributed by atoms with E-state index in [9.17, 15) is 22.2 Å². The fourth-order valence-electron chi connectivity index (χ4n) is 6.31. The van der Waals surface area contributed by atoms with Gasteiger partial charge in [0.25, 0.3) is 0 Å². The molecule has 1 aliphatic carbocycles. The topological polar surface area (TPSA) is 71.1 Å². The van der Waals surface area contributed by atoms with Gasteiger partial charge >= 0.3 is 12.1 Å². The average molecular weight is 633 g/mol. The van der Waals surface area contributed by atoms with Gasteiger partial charge in [0.2, 0.25) is 0 Å². The van der Waals surface area contributed by atoms with Crippen LogP contribution in [0.4, 0.5) is 17.6 Å². The largest absolute Gasteiger partial charge is 0.493 e. The molecule has 0 aromatic heterocycles. The second-order valence-corrected chi connectivity index (χ2v) is 13.1. The highest BCUT2D eigenvalue weighted by Gasteiger charge is 2.40. The van der Waals surface area contributed by atoms with Crippen LogP contribution in [-0.2, 0) is 32.9 Å². The highest BCUT2D eigenvalue weighted by Crippen LogP contribution is 2.48. The highest BCUT2D eigenvalue weighted by atomic mass is 32.2. The van der Waals surface area contributed by atoms with Crippen LogP contribution in [-0.4, -0.2) is 42.0 Å². The Morgan fingerprint density at radius 3 is 2.45 bits per heavy atom. The van der Waals surface area contributed by atoms with Crippen LogP contribution in [0.5, 0.6) is 17.2 Å². The van der Waals surface area contributed by atoms with Gasteiger partial charge in [-0.15, -0.1) is 0 Å². The third-order valence-electron chi connectivity index (χ3n) is 8.63. The minimum absolute atomic E-state index is 0.0516. The van der Waals surface area contributed by atoms with E-state index in [4.69, 9.17) is 18.9 Å². The summed E-state index contributed by atoms with van der Waals surface area (Å²) >= 11 is 0. The first-order chi connectivity index (χ1) is 21.1. The number of carbonyl (C=O) groups is 1. The Bertz CT molecular complexity index is 1560. The van der Waals surface area contributed by atoms with Gasteiger partial charge in [-0.3, -0.25) is 9.00 Å². The van der Waals surface area contributed by atoms with Gasteiger partial charge in [-0.2, -0.15) is 13.2 Å². The van der Waals surface area contributed by atoms with Crippen molar-refractivity contribution in [1.29, 1.82) is 0 Å². The number of ether oxygens (including phenoxy) is 4. The molecule has 2 heterocycles. The zero-order valence-corrected chi connectivity index (χ0v) is 24.9. The summed E-state index contributed by atoms with van der Waals surface area (Å²) in [6, 6.07) is 12.1. The lowest BCUT2D eigenvalue weighted by atomic mass is 9.91. The van der Waals surface area contributed by atoms with E-state index in [1.807, 2.05) is 0 Å². The lowest BCUT2D eigenvalue weighted by molar-refractivity contribution is -0.141. The number of halogens is 4. The van der Waals surface area contributed by atoms with Crippen LogP contribution in [0, 0.1) is 11.7 Å². The summed E-state index contributed by atoms with van der Waals surface area (Å²) in [6.45, 7) is 0.764. The van der Waals surface area contributed by atoms with Gasteiger partial charge in [-0.1, -0.05) is 18.2 Å². The van der Waals surface area contributed by atoms with E-state index in [2.05, 4.69) is 0 Å². The highest BCUT2D eigenvalue weighted by molar-refractivity contribution is 7.85.